The zero-order chi connectivity index (χ0) is 13.9. The molecule has 0 amide bonds. The summed E-state index contributed by atoms with van der Waals surface area (Å²) in [4.78, 5) is 13.3. The van der Waals surface area contributed by atoms with Crippen molar-refractivity contribution in [2.45, 2.75) is 19.4 Å². The van der Waals surface area contributed by atoms with E-state index in [2.05, 4.69) is 29.2 Å². The third-order valence-electron chi connectivity index (χ3n) is 3.85. The van der Waals surface area contributed by atoms with Gasteiger partial charge >= 0.3 is 5.97 Å². The Morgan fingerprint density at radius 3 is 2.40 bits per heavy atom. The minimum Gasteiger partial charge on any atom is -0.475 e. The lowest BCUT2D eigenvalue weighted by Crippen LogP contribution is -2.26. The molecule has 2 aromatic rings. The molecule has 0 unspecified atom stereocenters. The molecular weight excluding hydrogens is 254 g/mol. The van der Waals surface area contributed by atoms with Gasteiger partial charge in [0.2, 0.25) is 5.76 Å². The van der Waals surface area contributed by atoms with E-state index in [9.17, 15) is 4.79 Å². The van der Waals surface area contributed by atoms with Gasteiger partial charge in [-0.3, -0.25) is 4.90 Å². The zero-order valence-electron chi connectivity index (χ0n) is 11.2. The van der Waals surface area contributed by atoms with E-state index < -0.39 is 5.97 Å². The summed E-state index contributed by atoms with van der Waals surface area (Å²) in [5, 5.41) is 9.07. The van der Waals surface area contributed by atoms with Crippen LogP contribution in [0.25, 0.3) is 0 Å². The molecule has 0 saturated carbocycles. The monoisotopic (exact) mass is 271 g/mol. The number of hydrogen-bond donors (Lipinski definition) is 1. The molecule has 4 nitrogen and oxygen atoms in total. The average molecular weight is 271 g/mol. The molecule has 2 heterocycles. The van der Waals surface area contributed by atoms with Crippen molar-refractivity contribution in [3.05, 3.63) is 59.0 Å². The topological polar surface area (TPSA) is 53.7 Å². The van der Waals surface area contributed by atoms with Crippen molar-refractivity contribution in [1.29, 1.82) is 0 Å². The molecule has 104 valence electrons. The molecule has 0 atom stereocenters. The Morgan fingerprint density at radius 2 is 1.80 bits per heavy atom. The van der Waals surface area contributed by atoms with E-state index in [1.54, 1.807) is 6.07 Å². The SMILES string of the molecule is O=C(O)c1occc1CN1CCc2ccccc2CC1. The van der Waals surface area contributed by atoms with Crippen LogP contribution in [0.3, 0.4) is 0 Å². The molecule has 1 aliphatic heterocycles. The predicted molar refractivity (Wildman–Crippen MR) is 74.8 cm³/mol. The molecule has 0 fully saturated rings. The van der Waals surface area contributed by atoms with Crippen LogP contribution in [-0.4, -0.2) is 29.1 Å². The summed E-state index contributed by atoms with van der Waals surface area (Å²) < 4.78 is 5.03. The lowest BCUT2D eigenvalue weighted by Gasteiger charge is -2.19. The highest BCUT2D eigenvalue weighted by Crippen LogP contribution is 2.19. The van der Waals surface area contributed by atoms with Crippen LogP contribution in [0.1, 0.15) is 27.2 Å². The summed E-state index contributed by atoms with van der Waals surface area (Å²) in [6, 6.07) is 10.3. The number of carbonyl (C=O) groups is 1. The zero-order valence-corrected chi connectivity index (χ0v) is 11.2. The summed E-state index contributed by atoms with van der Waals surface area (Å²) in [5.74, 6) is -0.935. The quantitative estimate of drug-likeness (QED) is 0.932. The molecule has 0 bridgehead atoms. The number of hydrogen-bond acceptors (Lipinski definition) is 3. The number of carboxylic acid groups (broad SMARTS) is 1. The van der Waals surface area contributed by atoms with Crippen LogP contribution in [0, 0.1) is 0 Å². The lowest BCUT2D eigenvalue weighted by molar-refractivity contribution is 0.0659. The number of rotatable bonds is 3. The van der Waals surface area contributed by atoms with Gasteiger partial charge in [0.15, 0.2) is 0 Å². The predicted octanol–water partition coefficient (Wildman–Crippen LogP) is 2.58. The normalized spacial score (nSPS) is 15.6. The first-order valence-electron chi connectivity index (χ1n) is 6.83. The van der Waals surface area contributed by atoms with Crippen molar-refractivity contribution in [2.75, 3.05) is 13.1 Å². The van der Waals surface area contributed by atoms with Gasteiger partial charge in [-0.15, -0.1) is 0 Å². The van der Waals surface area contributed by atoms with Crippen molar-refractivity contribution >= 4 is 5.97 Å². The number of benzene rings is 1. The number of furan rings is 1. The second-order valence-electron chi connectivity index (χ2n) is 5.12. The van der Waals surface area contributed by atoms with Crippen molar-refractivity contribution in [2.24, 2.45) is 0 Å². The van der Waals surface area contributed by atoms with Gasteiger partial charge in [-0.1, -0.05) is 24.3 Å². The van der Waals surface area contributed by atoms with Gasteiger partial charge in [-0.05, 0) is 30.0 Å². The number of fused-ring (bicyclic) bond motifs is 1. The molecular formula is C16H17NO3. The van der Waals surface area contributed by atoms with Crippen LogP contribution < -0.4 is 0 Å². The molecule has 3 rings (SSSR count). The summed E-state index contributed by atoms with van der Waals surface area (Å²) in [5.41, 5.74) is 3.56. The highest BCUT2D eigenvalue weighted by Gasteiger charge is 2.18. The fourth-order valence-corrected chi connectivity index (χ4v) is 2.76. The lowest BCUT2D eigenvalue weighted by atomic mass is 10.0. The number of carboxylic acids is 1. The van der Waals surface area contributed by atoms with E-state index in [4.69, 9.17) is 9.52 Å². The molecule has 1 N–H and O–H groups in total. The van der Waals surface area contributed by atoms with Crippen molar-refractivity contribution < 1.29 is 14.3 Å². The first kappa shape index (κ1) is 12.9. The van der Waals surface area contributed by atoms with Gasteiger partial charge in [0, 0.05) is 25.2 Å². The second-order valence-corrected chi connectivity index (χ2v) is 5.12. The van der Waals surface area contributed by atoms with E-state index in [1.807, 2.05) is 0 Å². The van der Waals surface area contributed by atoms with E-state index >= 15 is 0 Å². The Bertz CT molecular complexity index is 591. The summed E-state index contributed by atoms with van der Waals surface area (Å²) in [6.07, 6.45) is 3.47. The van der Waals surface area contributed by atoms with E-state index in [0.717, 1.165) is 31.5 Å². The fourth-order valence-electron chi connectivity index (χ4n) is 2.76. The fraction of sp³-hybridized carbons (Fsp3) is 0.312. The maximum atomic E-state index is 11.1. The Balaban J connectivity index is 1.71. The smallest absolute Gasteiger partial charge is 0.372 e. The molecule has 0 saturated heterocycles. The van der Waals surface area contributed by atoms with Gasteiger partial charge in [-0.25, -0.2) is 4.79 Å². The Morgan fingerprint density at radius 1 is 1.15 bits per heavy atom. The summed E-state index contributed by atoms with van der Waals surface area (Å²) in [7, 11) is 0. The number of aromatic carboxylic acids is 1. The van der Waals surface area contributed by atoms with Crippen LogP contribution in [0.15, 0.2) is 41.0 Å². The van der Waals surface area contributed by atoms with Gasteiger partial charge in [0.1, 0.15) is 0 Å². The third kappa shape index (κ3) is 2.60. The van der Waals surface area contributed by atoms with Crippen LogP contribution in [0.5, 0.6) is 0 Å². The maximum Gasteiger partial charge on any atom is 0.372 e. The molecule has 20 heavy (non-hydrogen) atoms. The van der Waals surface area contributed by atoms with Crippen LogP contribution in [0.2, 0.25) is 0 Å². The van der Waals surface area contributed by atoms with Gasteiger partial charge in [-0.2, -0.15) is 0 Å². The molecule has 1 aliphatic rings. The number of nitrogens with zero attached hydrogens (tertiary/aromatic N) is 1. The van der Waals surface area contributed by atoms with Crippen LogP contribution >= 0.6 is 0 Å². The van der Waals surface area contributed by atoms with Crippen LogP contribution in [-0.2, 0) is 19.4 Å². The van der Waals surface area contributed by atoms with Crippen molar-refractivity contribution in [1.82, 2.24) is 4.90 Å². The van der Waals surface area contributed by atoms with Gasteiger partial charge in [0.25, 0.3) is 0 Å². The minimum absolute atomic E-state index is 0.0618. The standard InChI is InChI=1S/C16H17NO3/c18-16(19)15-14(7-10-20-15)11-17-8-5-12-3-1-2-4-13(12)6-9-17/h1-4,7,10H,5-6,8-9,11H2,(H,18,19). The van der Waals surface area contributed by atoms with Gasteiger partial charge in [0.05, 0.1) is 6.26 Å². The minimum atomic E-state index is -0.997. The summed E-state index contributed by atoms with van der Waals surface area (Å²) in [6.45, 7) is 2.52. The second kappa shape index (κ2) is 5.51. The molecule has 1 aromatic heterocycles. The third-order valence-corrected chi connectivity index (χ3v) is 3.85. The highest BCUT2D eigenvalue weighted by atomic mass is 16.4. The average Bonchev–Trinajstić information content (AvgIpc) is 2.81. The molecule has 1 aromatic carbocycles. The first-order valence-corrected chi connectivity index (χ1v) is 6.83. The van der Waals surface area contributed by atoms with E-state index in [1.165, 1.54) is 17.4 Å². The Hall–Kier alpha value is -2.07. The van der Waals surface area contributed by atoms with E-state index in [-0.39, 0.29) is 5.76 Å². The van der Waals surface area contributed by atoms with Crippen molar-refractivity contribution in [3.8, 4) is 0 Å². The summed E-state index contributed by atoms with van der Waals surface area (Å²) >= 11 is 0. The molecule has 0 spiro atoms. The molecule has 0 radical (unpaired) electrons. The largest absolute Gasteiger partial charge is 0.475 e. The van der Waals surface area contributed by atoms with Gasteiger partial charge < -0.3 is 9.52 Å². The van der Waals surface area contributed by atoms with Crippen molar-refractivity contribution in [3.63, 3.8) is 0 Å². The molecule has 0 aliphatic carbocycles. The Labute approximate surface area is 117 Å². The molecule has 4 heteroatoms. The van der Waals surface area contributed by atoms with E-state index in [0.29, 0.717) is 6.54 Å². The van der Waals surface area contributed by atoms with Crippen LogP contribution in [0.4, 0.5) is 0 Å². The maximum absolute atomic E-state index is 11.1. The first-order chi connectivity index (χ1) is 9.74. The highest BCUT2D eigenvalue weighted by molar-refractivity contribution is 5.86. The Kier molecular flexibility index (Phi) is 3.56.